The van der Waals surface area contributed by atoms with E-state index in [1.807, 2.05) is 26.0 Å². The third-order valence-corrected chi connectivity index (χ3v) is 5.54. The van der Waals surface area contributed by atoms with E-state index < -0.39 is 17.8 Å². The fourth-order valence-corrected chi connectivity index (χ4v) is 3.98. The van der Waals surface area contributed by atoms with Gasteiger partial charge in [0, 0.05) is 6.08 Å². The molecule has 0 atom stereocenters. The van der Waals surface area contributed by atoms with Gasteiger partial charge < -0.3 is 19.5 Å². The van der Waals surface area contributed by atoms with Crippen LogP contribution >= 0.6 is 11.3 Å². The van der Waals surface area contributed by atoms with Crippen LogP contribution < -0.4 is 10.1 Å². The number of hydrogen-bond acceptors (Lipinski definition) is 7. The molecular formula is C21H23NO6S. The van der Waals surface area contributed by atoms with Gasteiger partial charge in [0.15, 0.2) is 0 Å². The predicted octanol–water partition coefficient (Wildman–Crippen LogP) is 3.91. The number of benzene rings is 1. The van der Waals surface area contributed by atoms with Crippen molar-refractivity contribution in [2.45, 2.75) is 20.8 Å². The topological polar surface area (TPSA) is 90.9 Å². The van der Waals surface area contributed by atoms with E-state index in [1.165, 1.54) is 20.3 Å². The first-order valence-corrected chi connectivity index (χ1v) is 9.49. The second-order valence-corrected chi connectivity index (χ2v) is 7.26. The minimum absolute atomic E-state index is 0.136. The van der Waals surface area contributed by atoms with Gasteiger partial charge in [0.1, 0.15) is 15.6 Å². The zero-order chi connectivity index (χ0) is 21.7. The summed E-state index contributed by atoms with van der Waals surface area (Å²) in [4.78, 5) is 36.8. The summed E-state index contributed by atoms with van der Waals surface area (Å²) in [7, 11) is 4.08. The fourth-order valence-electron chi connectivity index (χ4n) is 2.87. The molecule has 0 spiro atoms. The number of thiophene rings is 1. The molecule has 29 heavy (non-hydrogen) atoms. The van der Waals surface area contributed by atoms with Crippen LogP contribution in [0.15, 0.2) is 18.2 Å². The fraction of sp³-hybridized carbons (Fsp3) is 0.286. The highest BCUT2D eigenvalue weighted by molar-refractivity contribution is 7.18. The van der Waals surface area contributed by atoms with Crippen LogP contribution in [-0.4, -0.2) is 39.2 Å². The predicted molar refractivity (Wildman–Crippen MR) is 112 cm³/mol. The van der Waals surface area contributed by atoms with Gasteiger partial charge in [-0.1, -0.05) is 0 Å². The number of ether oxygens (including phenoxy) is 3. The lowest BCUT2D eigenvalue weighted by molar-refractivity contribution is -0.111. The summed E-state index contributed by atoms with van der Waals surface area (Å²) in [6.07, 6.45) is 3.06. The molecule has 1 aromatic heterocycles. The quantitative estimate of drug-likeness (QED) is 0.566. The Morgan fingerprint density at radius 2 is 1.55 bits per heavy atom. The molecule has 0 radical (unpaired) electrons. The van der Waals surface area contributed by atoms with Gasteiger partial charge in [-0.3, -0.25) is 4.79 Å². The van der Waals surface area contributed by atoms with E-state index in [2.05, 4.69) is 5.32 Å². The van der Waals surface area contributed by atoms with Crippen molar-refractivity contribution in [2.75, 3.05) is 26.6 Å². The number of rotatable bonds is 6. The Morgan fingerprint density at radius 3 is 2.07 bits per heavy atom. The number of carbonyl (C=O) groups excluding carboxylic acids is 3. The van der Waals surface area contributed by atoms with E-state index in [1.54, 1.807) is 20.1 Å². The van der Waals surface area contributed by atoms with Gasteiger partial charge in [-0.2, -0.15) is 0 Å². The van der Waals surface area contributed by atoms with Crippen LogP contribution in [0.25, 0.3) is 6.08 Å². The molecule has 0 unspecified atom stereocenters. The molecule has 0 aliphatic carbocycles. The number of methoxy groups -OCH3 is 3. The number of carbonyl (C=O) groups is 3. The lowest BCUT2D eigenvalue weighted by Crippen LogP contribution is -2.11. The van der Waals surface area contributed by atoms with E-state index in [9.17, 15) is 14.4 Å². The van der Waals surface area contributed by atoms with Crippen molar-refractivity contribution >= 4 is 40.3 Å². The molecule has 1 N–H and O–H groups in total. The molecule has 0 saturated carbocycles. The van der Waals surface area contributed by atoms with E-state index >= 15 is 0 Å². The van der Waals surface area contributed by atoms with Crippen LogP contribution in [0.4, 0.5) is 5.00 Å². The van der Waals surface area contributed by atoms with Gasteiger partial charge in [0.25, 0.3) is 0 Å². The minimum atomic E-state index is -0.643. The Morgan fingerprint density at radius 1 is 0.966 bits per heavy atom. The molecule has 1 heterocycles. The van der Waals surface area contributed by atoms with E-state index in [0.29, 0.717) is 5.56 Å². The first-order chi connectivity index (χ1) is 13.7. The average Bonchev–Trinajstić information content (AvgIpc) is 3.01. The highest BCUT2D eigenvalue weighted by Gasteiger charge is 2.26. The van der Waals surface area contributed by atoms with Crippen LogP contribution in [0, 0.1) is 20.8 Å². The summed E-state index contributed by atoms with van der Waals surface area (Å²) < 4.78 is 14.8. The standard InChI is InChI=1S/C21H23NO6S/c1-11-9-14(26-4)10-12(2)15(11)7-8-16(23)22-19-17(20(24)27-5)13(3)18(29-19)21(25)28-6/h7-10H,1-6H3,(H,22,23)/b8-7+. The zero-order valence-electron chi connectivity index (χ0n) is 17.2. The van der Waals surface area contributed by atoms with Gasteiger partial charge >= 0.3 is 11.9 Å². The smallest absolute Gasteiger partial charge is 0.348 e. The second kappa shape index (κ2) is 9.38. The van der Waals surface area contributed by atoms with Gasteiger partial charge in [-0.25, -0.2) is 9.59 Å². The lowest BCUT2D eigenvalue weighted by Gasteiger charge is -2.09. The van der Waals surface area contributed by atoms with Crippen molar-refractivity contribution in [2.24, 2.45) is 0 Å². The van der Waals surface area contributed by atoms with Crippen molar-refractivity contribution in [1.29, 1.82) is 0 Å². The summed E-state index contributed by atoms with van der Waals surface area (Å²) in [6, 6.07) is 3.76. The second-order valence-electron chi connectivity index (χ2n) is 6.24. The molecule has 8 heteroatoms. The van der Waals surface area contributed by atoms with Gasteiger partial charge in [0.2, 0.25) is 5.91 Å². The normalized spacial score (nSPS) is 10.7. The molecule has 1 amide bonds. The van der Waals surface area contributed by atoms with Crippen molar-refractivity contribution in [3.8, 4) is 5.75 Å². The zero-order valence-corrected chi connectivity index (χ0v) is 18.0. The number of esters is 2. The Balaban J connectivity index is 2.32. The Kier molecular flexibility index (Phi) is 7.17. The third-order valence-electron chi connectivity index (χ3n) is 4.35. The largest absolute Gasteiger partial charge is 0.497 e. The first kappa shape index (κ1) is 22.2. The Labute approximate surface area is 173 Å². The first-order valence-electron chi connectivity index (χ1n) is 8.67. The molecule has 0 fully saturated rings. The Bertz CT molecular complexity index is 966. The SMILES string of the molecule is COC(=O)c1sc(NC(=O)/C=C/c2c(C)cc(OC)cc2C)c(C(=O)OC)c1C. The van der Waals surface area contributed by atoms with Crippen molar-refractivity contribution in [1.82, 2.24) is 0 Å². The number of aryl methyl sites for hydroxylation is 2. The van der Waals surface area contributed by atoms with Crippen LogP contribution in [0.1, 0.15) is 42.3 Å². The number of nitrogens with one attached hydrogen (secondary N) is 1. The molecule has 0 saturated heterocycles. The third kappa shape index (κ3) is 4.83. The molecule has 0 bridgehead atoms. The summed E-state index contributed by atoms with van der Waals surface area (Å²) in [5.41, 5.74) is 3.35. The maximum atomic E-state index is 12.5. The highest BCUT2D eigenvalue weighted by Crippen LogP contribution is 2.34. The van der Waals surface area contributed by atoms with Crippen LogP contribution in [-0.2, 0) is 14.3 Å². The van der Waals surface area contributed by atoms with Crippen molar-refractivity contribution in [3.05, 3.63) is 50.9 Å². The van der Waals surface area contributed by atoms with Crippen LogP contribution in [0.3, 0.4) is 0 Å². The monoisotopic (exact) mass is 417 g/mol. The maximum Gasteiger partial charge on any atom is 0.348 e. The number of anilines is 1. The van der Waals surface area contributed by atoms with E-state index in [0.717, 1.165) is 33.8 Å². The van der Waals surface area contributed by atoms with Crippen molar-refractivity contribution in [3.63, 3.8) is 0 Å². The summed E-state index contributed by atoms with van der Waals surface area (Å²) in [5.74, 6) is -0.927. The number of amides is 1. The average molecular weight is 417 g/mol. The van der Waals surface area contributed by atoms with E-state index in [4.69, 9.17) is 14.2 Å². The van der Waals surface area contributed by atoms with Gasteiger partial charge in [0.05, 0.1) is 26.9 Å². The lowest BCUT2D eigenvalue weighted by atomic mass is 10.0. The van der Waals surface area contributed by atoms with Crippen molar-refractivity contribution < 1.29 is 28.6 Å². The molecule has 1 aromatic carbocycles. The minimum Gasteiger partial charge on any atom is -0.497 e. The molecular weight excluding hydrogens is 394 g/mol. The number of hydrogen-bond donors (Lipinski definition) is 1. The summed E-state index contributed by atoms with van der Waals surface area (Å²) >= 11 is 0.966. The summed E-state index contributed by atoms with van der Waals surface area (Å²) in [6.45, 7) is 5.45. The van der Waals surface area contributed by atoms with Gasteiger partial charge in [-0.05, 0) is 61.2 Å². The molecule has 2 aromatic rings. The van der Waals surface area contributed by atoms with Crippen LogP contribution in [0.2, 0.25) is 0 Å². The highest BCUT2D eigenvalue weighted by atomic mass is 32.1. The molecule has 154 valence electrons. The molecule has 0 aliphatic rings. The Hall–Kier alpha value is -3.13. The maximum absolute atomic E-state index is 12.5. The van der Waals surface area contributed by atoms with Crippen LogP contribution in [0.5, 0.6) is 5.75 Å². The molecule has 2 rings (SSSR count). The van der Waals surface area contributed by atoms with E-state index in [-0.39, 0.29) is 15.4 Å². The van der Waals surface area contributed by atoms with Gasteiger partial charge in [-0.15, -0.1) is 11.3 Å². The summed E-state index contributed by atoms with van der Waals surface area (Å²) in [5, 5.41) is 2.89. The molecule has 0 aliphatic heterocycles. The molecule has 7 nitrogen and oxygen atoms in total.